The number of hydrogen-bond donors (Lipinski definition) is 2. The van der Waals surface area contributed by atoms with Gasteiger partial charge in [-0.15, -0.1) is 0 Å². The Balaban J connectivity index is 1.92. The van der Waals surface area contributed by atoms with Gasteiger partial charge in [-0.2, -0.15) is 26.3 Å². The average molecular weight is 691 g/mol. The SMILES string of the molecule is CCOCOc1ccc(C(c2ccc(OCOCC)c(NC(=O)c3ccccc3)c2)(C(F)(F)F)C(F)(F)F)cc1NC(=O)c1ccccc1. The van der Waals surface area contributed by atoms with E-state index in [1.165, 1.54) is 48.5 Å². The number of rotatable bonds is 14. The van der Waals surface area contributed by atoms with E-state index in [2.05, 4.69) is 10.6 Å². The molecule has 4 aromatic rings. The van der Waals surface area contributed by atoms with Gasteiger partial charge in [0.05, 0.1) is 11.4 Å². The molecule has 0 atom stereocenters. The van der Waals surface area contributed by atoms with Crippen LogP contribution in [-0.2, 0) is 14.9 Å². The van der Waals surface area contributed by atoms with Crippen LogP contribution in [-0.4, -0.2) is 51.0 Å². The molecule has 2 amide bonds. The largest absolute Gasteiger partial charge is 0.465 e. The summed E-state index contributed by atoms with van der Waals surface area (Å²) in [7, 11) is 0. The lowest BCUT2D eigenvalue weighted by atomic mass is 9.72. The van der Waals surface area contributed by atoms with Gasteiger partial charge >= 0.3 is 12.4 Å². The minimum atomic E-state index is -6.01. The maximum absolute atomic E-state index is 15.3. The highest BCUT2D eigenvalue weighted by molar-refractivity contribution is 6.05. The first-order chi connectivity index (χ1) is 23.3. The second kappa shape index (κ2) is 15.9. The highest BCUT2D eigenvalue weighted by Gasteiger charge is 2.72. The van der Waals surface area contributed by atoms with Crippen LogP contribution in [0.1, 0.15) is 45.7 Å². The van der Waals surface area contributed by atoms with E-state index < -0.39 is 65.7 Å². The minimum absolute atomic E-state index is 0.0861. The first-order valence-electron chi connectivity index (χ1n) is 14.9. The summed E-state index contributed by atoms with van der Waals surface area (Å²) in [6.07, 6.45) is -12.0. The Hall–Kier alpha value is -5.08. The molecule has 14 heteroatoms. The molecule has 0 unspecified atom stereocenters. The monoisotopic (exact) mass is 690 g/mol. The molecule has 0 bridgehead atoms. The standard InChI is InChI=1S/C35H32F6N2O6/c1-3-46-21-48-29-17-15-25(19-27(29)42-31(44)23-11-7-5-8-12-23)33(34(36,37)38,35(39,40)41)26-16-18-30(49-22-47-4-2)28(20-26)43-32(45)24-13-9-6-10-14-24/h5-20H,3-4,21-22H2,1-2H3,(H,42,44)(H,43,45). The van der Waals surface area contributed by atoms with Crippen molar-refractivity contribution in [3.8, 4) is 11.5 Å². The number of anilines is 2. The normalized spacial score (nSPS) is 11.9. The van der Waals surface area contributed by atoms with E-state index >= 15 is 26.3 Å². The van der Waals surface area contributed by atoms with Crippen molar-refractivity contribution in [3.63, 3.8) is 0 Å². The lowest BCUT2D eigenvalue weighted by Gasteiger charge is -2.39. The van der Waals surface area contributed by atoms with E-state index in [4.69, 9.17) is 18.9 Å². The van der Waals surface area contributed by atoms with Gasteiger partial charge in [-0.1, -0.05) is 48.5 Å². The van der Waals surface area contributed by atoms with Crippen LogP contribution < -0.4 is 20.1 Å². The van der Waals surface area contributed by atoms with E-state index in [-0.39, 0.29) is 35.8 Å². The van der Waals surface area contributed by atoms with Crippen LogP contribution in [0.3, 0.4) is 0 Å². The summed E-state index contributed by atoms with van der Waals surface area (Å²) in [5.74, 6) is -2.11. The van der Waals surface area contributed by atoms with E-state index in [0.717, 1.165) is 12.1 Å². The van der Waals surface area contributed by atoms with E-state index in [1.54, 1.807) is 26.0 Å². The number of halogens is 6. The lowest BCUT2D eigenvalue weighted by Crippen LogP contribution is -2.54. The predicted molar refractivity (Wildman–Crippen MR) is 169 cm³/mol. The van der Waals surface area contributed by atoms with Crippen molar-refractivity contribution in [2.75, 3.05) is 37.4 Å². The Labute approximate surface area is 277 Å². The highest BCUT2D eigenvalue weighted by atomic mass is 19.4. The van der Waals surface area contributed by atoms with Crippen LogP contribution in [0, 0.1) is 0 Å². The zero-order valence-corrected chi connectivity index (χ0v) is 26.3. The maximum atomic E-state index is 15.3. The van der Waals surface area contributed by atoms with Crippen LogP contribution in [0.25, 0.3) is 0 Å². The van der Waals surface area contributed by atoms with Gasteiger partial charge < -0.3 is 29.6 Å². The summed E-state index contributed by atoms with van der Waals surface area (Å²) in [5.41, 5.74) is -8.02. The second-order valence-corrected chi connectivity index (χ2v) is 10.3. The number of benzene rings is 4. The first-order valence-corrected chi connectivity index (χ1v) is 14.9. The van der Waals surface area contributed by atoms with Crippen LogP contribution in [0.4, 0.5) is 37.7 Å². The Kier molecular flexibility index (Phi) is 11.9. The molecule has 2 N–H and O–H groups in total. The summed E-state index contributed by atoms with van der Waals surface area (Å²) in [6.45, 7) is 2.89. The van der Waals surface area contributed by atoms with Crippen molar-refractivity contribution < 1.29 is 54.9 Å². The molecular weight excluding hydrogens is 658 g/mol. The van der Waals surface area contributed by atoms with Crippen molar-refractivity contribution in [2.45, 2.75) is 31.6 Å². The lowest BCUT2D eigenvalue weighted by molar-refractivity contribution is -0.288. The molecule has 0 saturated carbocycles. The van der Waals surface area contributed by atoms with Crippen molar-refractivity contribution >= 4 is 23.2 Å². The molecule has 0 saturated heterocycles. The predicted octanol–water partition coefficient (Wildman–Crippen LogP) is 8.35. The van der Waals surface area contributed by atoms with Crippen molar-refractivity contribution in [2.24, 2.45) is 0 Å². The molecule has 0 spiro atoms. The summed E-state index contributed by atoms with van der Waals surface area (Å²) in [4.78, 5) is 26.0. The van der Waals surface area contributed by atoms with Crippen molar-refractivity contribution in [1.82, 2.24) is 0 Å². The Morgan fingerprint density at radius 1 is 0.571 bits per heavy atom. The Bertz CT molecular complexity index is 1590. The molecule has 0 heterocycles. The van der Waals surface area contributed by atoms with Crippen molar-refractivity contribution in [1.29, 1.82) is 0 Å². The topological polar surface area (TPSA) is 95.1 Å². The van der Waals surface area contributed by atoms with Crippen LogP contribution in [0.2, 0.25) is 0 Å². The van der Waals surface area contributed by atoms with Gasteiger partial charge in [0.2, 0.25) is 5.41 Å². The number of ether oxygens (including phenoxy) is 4. The molecular formula is C35H32F6N2O6. The Morgan fingerprint density at radius 3 is 1.27 bits per heavy atom. The van der Waals surface area contributed by atoms with Crippen LogP contribution in [0.15, 0.2) is 97.1 Å². The number of carbonyl (C=O) groups excluding carboxylic acids is 2. The number of nitrogens with one attached hydrogen (secondary N) is 2. The quantitative estimate of drug-likeness (QED) is 0.0785. The molecule has 0 radical (unpaired) electrons. The number of carbonyl (C=O) groups is 2. The second-order valence-electron chi connectivity index (χ2n) is 10.3. The van der Waals surface area contributed by atoms with Gasteiger partial charge in [0.1, 0.15) is 11.5 Å². The fourth-order valence-corrected chi connectivity index (χ4v) is 4.90. The molecule has 0 fully saturated rings. The molecule has 8 nitrogen and oxygen atoms in total. The van der Waals surface area contributed by atoms with Crippen LogP contribution >= 0.6 is 0 Å². The van der Waals surface area contributed by atoms with Crippen molar-refractivity contribution in [3.05, 3.63) is 119 Å². The third-order valence-electron chi connectivity index (χ3n) is 7.25. The molecule has 4 aromatic carbocycles. The van der Waals surface area contributed by atoms with E-state index in [0.29, 0.717) is 24.3 Å². The third kappa shape index (κ3) is 8.32. The van der Waals surface area contributed by atoms with Gasteiger partial charge in [0.25, 0.3) is 11.8 Å². The fourth-order valence-electron chi connectivity index (χ4n) is 4.90. The molecule has 49 heavy (non-hydrogen) atoms. The van der Waals surface area contributed by atoms with Gasteiger partial charge in [0.15, 0.2) is 13.6 Å². The summed E-state index contributed by atoms with van der Waals surface area (Å²) < 4.78 is 113. The third-order valence-corrected chi connectivity index (χ3v) is 7.25. The van der Waals surface area contributed by atoms with Gasteiger partial charge in [-0.05, 0) is 73.5 Å². The van der Waals surface area contributed by atoms with Crippen LogP contribution in [0.5, 0.6) is 11.5 Å². The molecule has 4 rings (SSSR count). The average Bonchev–Trinajstić information content (AvgIpc) is 3.06. The number of amides is 2. The molecule has 0 aliphatic rings. The molecule has 0 aliphatic carbocycles. The minimum Gasteiger partial charge on any atom is -0.465 e. The van der Waals surface area contributed by atoms with Gasteiger partial charge in [0, 0.05) is 24.3 Å². The van der Waals surface area contributed by atoms with E-state index in [1.807, 2.05) is 0 Å². The molecule has 260 valence electrons. The zero-order valence-electron chi connectivity index (χ0n) is 26.3. The molecule has 0 aliphatic heterocycles. The molecule has 0 aromatic heterocycles. The highest BCUT2D eigenvalue weighted by Crippen LogP contribution is 2.57. The summed E-state index contributed by atoms with van der Waals surface area (Å²) >= 11 is 0. The maximum Gasteiger partial charge on any atom is 0.411 e. The fraction of sp³-hybridized carbons (Fsp3) is 0.257. The number of alkyl halides is 6. The summed E-state index contributed by atoms with van der Waals surface area (Å²) in [6, 6.07) is 19.2. The van der Waals surface area contributed by atoms with E-state index in [9.17, 15) is 9.59 Å². The summed E-state index contributed by atoms with van der Waals surface area (Å²) in [5, 5.41) is 4.74. The Morgan fingerprint density at radius 2 is 0.939 bits per heavy atom. The first kappa shape index (κ1) is 36.8. The van der Waals surface area contributed by atoms with Gasteiger partial charge in [-0.25, -0.2) is 0 Å². The number of hydrogen-bond acceptors (Lipinski definition) is 6. The smallest absolute Gasteiger partial charge is 0.411 e. The van der Waals surface area contributed by atoms with Gasteiger partial charge in [-0.3, -0.25) is 9.59 Å². The zero-order chi connectivity index (χ0) is 35.7.